The molecule has 0 spiro atoms. The zero-order valence-electron chi connectivity index (χ0n) is 11.1. The molecule has 5 heteroatoms. The molecule has 0 N–H and O–H groups in total. The van der Waals surface area contributed by atoms with Crippen LogP contribution in [0.25, 0.3) is 11.0 Å². The highest BCUT2D eigenvalue weighted by Crippen LogP contribution is 2.37. The quantitative estimate of drug-likeness (QED) is 0.662. The molecule has 3 heterocycles. The smallest absolute Gasteiger partial charge is 0.125 e. The first-order valence-electron chi connectivity index (χ1n) is 6.68. The van der Waals surface area contributed by atoms with Gasteiger partial charge < -0.3 is 4.90 Å². The summed E-state index contributed by atoms with van der Waals surface area (Å²) in [5.74, 6) is -0.213. The van der Waals surface area contributed by atoms with E-state index in [0.717, 1.165) is 39.8 Å². The minimum atomic E-state index is -0.213. The molecule has 0 saturated carbocycles. The van der Waals surface area contributed by atoms with E-state index in [0.29, 0.717) is 0 Å². The van der Waals surface area contributed by atoms with Crippen molar-refractivity contribution in [1.82, 2.24) is 9.97 Å². The Hall–Kier alpha value is -2.01. The van der Waals surface area contributed by atoms with Crippen molar-refractivity contribution in [2.45, 2.75) is 6.42 Å². The van der Waals surface area contributed by atoms with E-state index < -0.39 is 0 Å². The molecular weight excluding hydrogens is 333 g/mol. The van der Waals surface area contributed by atoms with Crippen molar-refractivity contribution in [3.05, 3.63) is 58.6 Å². The lowest BCUT2D eigenvalue weighted by molar-refractivity contribution is 0.628. The number of benzene rings is 1. The standard InChI is InChI=1S/C16H11BrFN3/c17-11-7-13-16(20-9-11)14(3-5-19-13)21-6-4-10-1-2-12(18)8-15(10)21/h1-3,5,7-9H,4,6H2. The molecule has 0 atom stereocenters. The molecule has 0 aliphatic carbocycles. The number of aromatic nitrogens is 2. The topological polar surface area (TPSA) is 29.0 Å². The second kappa shape index (κ2) is 4.77. The molecular formula is C16H11BrFN3. The number of halogens is 2. The molecule has 2 aromatic heterocycles. The molecule has 0 amide bonds. The Morgan fingerprint density at radius 3 is 2.90 bits per heavy atom. The van der Waals surface area contributed by atoms with E-state index >= 15 is 0 Å². The largest absolute Gasteiger partial charge is 0.339 e. The van der Waals surface area contributed by atoms with Crippen molar-refractivity contribution < 1.29 is 4.39 Å². The summed E-state index contributed by atoms with van der Waals surface area (Å²) in [5, 5.41) is 0. The fourth-order valence-electron chi connectivity index (χ4n) is 2.81. The Kier molecular flexibility index (Phi) is 2.89. The van der Waals surface area contributed by atoms with Gasteiger partial charge in [-0.25, -0.2) is 4.39 Å². The summed E-state index contributed by atoms with van der Waals surface area (Å²) in [6.45, 7) is 0.829. The van der Waals surface area contributed by atoms with Crippen molar-refractivity contribution in [3.63, 3.8) is 0 Å². The zero-order valence-corrected chi connectivity index (χ0v) is 12.6. The molecule has 0 unspecified atom stereocenters. The molecule has 1 aliphatic heterocycles. The molecule has 1 aliphatic rings. The van der Waals surface area contributed by atoms with Crippen LogP contribution < -0.4 is 4.90 Å². The van der Waals surface area contributed by atoms with Gasteiger partial charge in [-0.3, -0.25) is 9.97 Å². The van der Waals surface area contributed by atoms with Gasteiger partial charge in [0.15, 0.2) is 0 Å². The van der Waals surface area contributed by atoms with Crippen LogP contribution in [0.1, 0.15) is 5.56 Å². The van der Waals surface area contributed by atoms with Crippen molar-refractivity contribution in [1.29, 1.82) is 0 Å². The predicted molar refractivity (Wildman–Crippen MR) is 84.3 cm³/mol. The van der Waals surface area contributed by atoms with Crippen molar-refractivity contribution >= 4 is 38.3 Å². The first-order chi connectivity index (χ1) is 10.2. The van der Waals surface area contributed by atoms with Crippen molar-refractivity contribution in [2.75, 3.05) is 11.4 Å². The molecule has 0 saturated heterocycles. The maximum atomic E-state index is 13.6. The Balaban J connectivity index is 1.91. The van der Waals surface area contributed by atoms with E-state index in [2.05, 4.69) is 30.8 Å². The van der Waals surface area contributed by atoms with Gasteiger partial charge in [0.25, 0.3) is 0 Å². The second-order valence-electron chi connectivity index (χ2n) is 5.03. The van der Waals surface area contributed by atoms with E-state index in [4.69, 9.17) is 0 Å². The Labute approximate surface area is 129 Å². The first-order valence-corrected chi connectivity index (χ1v) is 7.48. The average Bonchev–Trinajstić information content (AvgIpc) is 2.89. The molecule has 1 aromatic carbocycles. The van der Waals surface area contributed by atoms with Gasteiger partial charge in [0.1, 0.15) is 11.3 Å². The van der Waals surface area contributed by atoms with E-state index in [-0.39, 0.29) is 5.82 Å². The number of hydrogen-bond donors (Lipinski definition) is 0. The lowest BCUT2D eigenvalue weighted by atomic mass is 10.1. The van der Waals surface area contributed by atoms with Crippen LogP contribution in [0.3, 0.4) is 0 Å². The third kappa shape index (κ3) is 2.08. The minimum absolute atomic E-state index is 0.213. The highest BCUT2D eigenvalue weighted by molar-refractivity contribution is 9.10. The maximum absolute atomic E-state index is 13.6. The summed E-state index contributed by atoms with van der Waals surface area (Å²) in [7, 11) is 0. The van der Waals surface area contributed by atoms with Crippen LogP contribution in [0.4, 0.5) is 15.8 Å². The average molecular weight is 344 g/mol. The number of anilines is 2. The fourth-order valence-corrected chi connectivity index (χ4v) is 3.13. The number of nitrogens with zero attached hydrogens (tertiary/aromatic N) is 3. The van der Waals surface area contributed by atoms with E-state index in [9.17, 15) is 4.39 Å². The van der Waals surface area contributed by atoms with Crippen LogP contribution in [-0.4, -0.2) is 16.5 Å². The SMILES string of the molecule is Fc1ccc2c(c1)N(c1ccnc3cc(Br)cnc13)CC2. The van der Waals surface area contributed by atoms with E-state index in [1.807, 2.05) is 18.2 Å². The molecule has 0 fully saturated rings. The van der Waals surface area contributed by atoms with Gasteiger partial charge >= 0.3 is 0 Å². The summed E-state index contributed by atoms with van der Waals surface area (Å²) in [6.07, 6.45) is 4.44. The Morgan fingerprint density at radius 1 is 1.10 bits per heavy atom. The number of pyridine rings is 2. The number of hydrogen-bond acceptors (Lipinski definition) is 3. The second-order valence-corrected chi connectivity index (χ2v) is 5.94. The lowest BCUT2D eigenvalue weighted by Crippen LogP contribution is -2.14. The van der Waals surface area contributed by atoms with E-state index in [1.54, 1.807) is 18.5 Å². The van der Waals surface area contributed by atoms with Crippen LogP contribution in [-0.2, 0) is 6.42 Å². The summed E-state index contributed by atoms with van der Waals surface area (Å²) < 4.78 is 14.5. The van der Waals surface area contributed by atoms with E-state index in [1.165, 1.54) is 11.6 Å². The van der Waals surface area contributed by atoms with Gasteiger partial charge in [0.2, 0.25) is 0 Å². The minimum Gasteiger partial charge on any atom is -0.339 e. The predicted octanol–water partition coefficient (Wildman–Crippen LogP) is 4.23. The van der Waals surface area contributed by atoms with Crippen LogP contribution in [0.15, 0.2) is 47.2 Å². The fraction of sp³-hybridized carbons (Fsp3) is 0.125. The van der Waals surface area contributed by atoms with Crippen molar-refractivity contribution in [3.8, 4) is 0 Å². The van der Waals surface area contributed by atoms with Gasteiger partial charge in [-0.2, -0.15) is 0 Å². The molecule has 0 bridgehead atoms. The van der Waals surface area contributed by atoms with Crippen LogP contribution >= 0.6 is 15.9 Å². The monoisotopic (exact) mass is 343 g/mol. The summed E-state index contributed by atoms with van der Waals surface area (Å²) in [5.41, 5.74) is 4.71. The van der Waals surface area contributed by atoms with Gasteiger partial charge in [0, 0.05) is 29.1 Å². The molecule has 0 radical (unpaired) electrons. The third-order valence-corrected chi connectivity index (χ3v) is 4.19. The van der Waals surface area contributed by atoms with Gasteiger partial charge in [0.05, 0.1) is 11.2 Å². The third-order valence-electron chi connectivity index (χ3n) is 3.76. The highest BCUT2D eigenvalue weighted by atomic mass is 79.9. The Bertz CT molecular complexity index is 850. The number of rotatable bonds is 1. The number of fused-ring (bicyclic) bond motifs is 2. The molecule has 3 aromatic rings. The molecule has 104 valence electrons. The van der Waals surface area contributed by atoms with Crippen LogP contribution in [0.5, 0.6) is 0 Å². The Morgan fingerprint density at radius 2 is 2.00 bits per heavy atom. The highest BCUT2D eigenvalue weighted by Gasteiger charge is 2.23. The van der Waals surface area contributed by atoms with Gasteiger partial charge in [-0.05, 0) is 52.2 Å². The van der Waals surface area contributed by atoms with Crippen LogP contribution in [0, 0.1) is 5.82 Å². The van der Waals surface area contributed by atoms with Gasteiger partial charge in [-0.1, -0.05) is 6.07 Å². The summed E-state index contributed by atoms with van der Waals surface area (Å²) in [6, 6.07) is 8.84. The lowest BCUT2D eigenvalue weighted by Gasteiger charge is -2.20. The normalized spacial score (nSPS) is 13.7. The maximum Gasteiger partial charge on any atom is 0.125 e. The summed E-state index contributed by atoms with van der Waals surface area (Å²) in [4.78, 5) is 10.9. The van der Waals surface area contributed by atoms with Crippen molar-refractivity contribution in [2.24, 2.45) is 0 Å². The summed E-state index contributed by atoms with van der Waals surface area (Å²) >= 11 is 3.41. The molecule has 4 rings (SSSR count). The molecule has 3 nitrogen and oxygen atoms in total. The van der Waals surface area contributed by atoms with Gasteiger partial charge in [-0.15, -0.1) is 0 Å². The molecule has 21 heavy (non-hydrogen) atoms. The van der Waals surface area contributed by atoms with Crippen LogP contribution in [0.2, 0.25) is 0 Å². The zero-order chi connectivity index (χ0) is 14.4. The first kappa shape index (κ1) is 12.7.